The Labute approximate surface area is 149 Å². The van der Waals surface area contributed by atoms with E-state index in [-0.39, 0.29) is 5.69 Å². The van der Waals surface area contributed by atoms with Gasteiger partial charge in [0, 0.05) is 23.5 Å². The number of hydrogen-bond donors (Lipinski definition) is 1. The quantitative estimate of drug-likeness (QED) is 0.730. The Kier molecular flexibility index (Phi) is 5.25. The molecule has 3 aromatic rings. The van der Waals surface area contributed by atoms with E-state index < -0.39 is 5.91 Å². The van der Waals surface area contributed by atoms with Crippen LogP contribution in [0.15, 0.2) is 64.9 Å². The molecular weight excluding hydrogens is 336 g/mol. The third kappa shape index (κ3) is 4.13. The van der Waals surface area contributed by atoms with Crippen LogP contribution in [0.5, 0.6) is 11.5 Å². The van der Waals surface area contributed by atoms with E-state index in [1.54, 1.807) is 36.8 Å². The molecule has 0 saturated carbocycles. The van der Waals surface area contributed by atoms with Gasteiger partial charge >= 0.3 is 0 Å². The first-order valence-electron chi connectivity index (χ1n) is 7.68. The van der Waals surface area contributed by atoms with Gasteiger partial charge in [0.1, 0.15) is 10.8 Å². The highest BCUT2D eigenvalue weighted by molar-refractivity contribution is 7.99. The lowest BCUT2D eigenvalue weighted by atomic mass is 10.2. The maximum absolute atomic E-state index is 11.7. The minimum absolute atomic E-state index is 0.0799. The molecule has 126 valence electrons. The summed E-state index contributed by atoms with van der Waals surface area (Å²) >= 11 is 1.42. The molecule has 0 aromatic carbocycles. The van der Waals surface area contributed by atoms with Crippen molar-refractivity contribution in [2.45, 2.75) is 23.3 Å². The molecular formula is C18H16N4O2S. The van der Waals surface area contributed by atoms with E-state index in [0.29, 0.717) is 17.9 Å². The number of amides is 1. The smallest absolute Gasteiger partial charge is 0.271 e. The minimum Gasteiger partial charge on any atom is -0.453 e. The molecule has 25 heavy (non-hydrogen) atoms. The number of pyridine rings is 3. The molecule has 0 spiro atoms. The molecule has 0 saturated heterocycles. The van der Waals surface area contributed by atoms with Gasteiger partial charge in [0.25, 0.3) is 5.91 Å². The first-order valence-corrected chi connectivity index (χ1v) is 8.49. The Hall–Kier alpha value is -2.93. The number of carbonyl (C=O) groups is 1. The highest BCUT2D eigenvalue weighted by atomic mass is 32.2. The van der Waals surface area contributed by atoms with Crippen LogP contribution in [0, 0.1) is 0 Å². The Morgan fingerprint density at radius 3 is 2.68 bits per heavy atom. The number of aromatic nitrogens is 3. The van der Waals surface area contributed by atoms with Crippen molar-refractivity contribution in [1.29, 1.82) is 0 Å². The summed E-state index contributed by atoms with van der Waals surface area (Å²) in [5.74, 6) is 0.233. The average molecular weight is 352 g/mol. The first kappa shape index (κ1) is 16.9. The van der Waals surface area contributed by atoms with E-state index in [1.165, 1.54) is 11.8 Å². The topological polar surface area (TPSA) is 91.0 Å². The number of rotatable bonds is 6. The normalized spacial score (nSPS) is 10.4. The van der Waals surface area contributed by atoms with Gasteiger partial charge < -0.3 is 10.5 Å². The fourth-order valence-electron chi connectivity index (χ4n) is 2.17. The van der Waals surface area contributed by atoms with Crippen molar-refractivity contribution in [2.24, 2.45) is 5.73 Å². The van der Waals surface area contributed by atoms with Crippen molar-refractivity contribution in [3.8, 4) is 11.5 Å². The van der Waals surface area contributed by atoms with Gasteiger partial charge in [0.15, 0.2) is 11.4 Å². The van der Waals surface area contributed by atoms with Crippen LogP contribution in [0.2, 0.25) is 0 Å². The van der Waals surface area contributed by atoms with E-state index in [4.69, 9.17) is 10.5 Å². The van der Waals surface area contributed by atoms with E-state index in [1.807, 2.05) is 25.1 Å². The first-order chi connectivity index (χ1) is 12.2. The van der Waals surface area contributed by atoms with Gasteiger partial charge in [-0.1, -0.05) is 24.8 Å². The molecule has 7 heteroatoms. The summed E-state index contributed by atoms with van der Waals surface area (Å²) in [7, 11) is 0. The largest absolute Gasteiger partial charge is 0.453 e. The highest BCUT2D eigenvalue weighted by Crippen LogP contribution is 2.32. The number of nitrogens with zero attached hydrogens (tertiary/aromatic N) is 3. The molecule has 1 amide bonds. The standard InChI is InChI=1S/C18H16N4O2S/c1-2-13-14(6-5-9-20-13)24-15-10-12(11-22-17(15)18(19)23)25-16-7-3-4-8-21-16/h3-11H,2H2,1H3,(H2,19,23). The number of primary amides is 1. The molecule has 0 bridgehead atoms. The highest BCUT2D eigenvalue weighted by Gasteiger charge is 2.15. The number of ether oxygens (including phenoxy) is 1. The second-order valence-electron chi connectivity index (χ2n) is 5.06. The summed E-state index contributed by atoms with van der Waals surface area (Å²) in [5, 5.41) is 0.817. The molecule has 0 aliphatic carbocycles. The summed E-state index contributed by atoms with van der Waals surface area (Å²) < 4.78 is 5.91. The van der Waals surface area contributed by atoms with Gasteiger partial charge in [-0.25, -0.2) is 9.97 Å². The summed E-state index contributed by atoms with van der Waals surface area (Å²) in [6.07, 6.45) is 5.70. The molecule has 0 aliphatic heterocycles. The lowest BCUT2D eigenvalue weighted by molar-refractivity contribution is 0.0993. The molecule has 0 fully saturated rings. The maximum atomic E-state index is 11.7. The van der Waals surface area contributed by atoms with Crippen molar-refractivity contribution in [1.82, 2.24) is 15.0 Å². The van der Waals surface area contributed by atoms with E-state index in [2.05, 4.69) is 15.0 Å². The molecule has 0 aliphatic rings. The molecule has 3 heterocycles. The Morgan fingerprint density at radius 1 is 1.12 bits per heavy atom. The average Bonchev–Trinajstić information content (AvgIpc) is 2.63. The van der Waals surface area contributed by atoms with E-state index in [0.717, 1.165) is 15.6 Å². The summed E-state index contributed by atoms with van der Waals surface area (Å²) in [5.41, 5.74) is 6.30. The monoisotopic (exact) mass is 352 g/mol. The van der Waals surface area contributed by atoms with Crippen molar-refractivity contribution in [2.75, 3.05) is 0 Å². The minimum atomic E-state index is -0.647. The Balaban J connectivity index is 1.95. The SMILES string of the molecule is CCc1ncccc1Oc1cc(Sc2ccccn2)cnc1C(N)=O. The van der Waals surface area contributed by atoms with Crippen LogP contribution in [0.1, 0.15) is 23.1 Å². The molecule has 2 N–H and O–H groups in total. The van der Waals surface area contributed by atoms with Crippen molar-refractivity contribution in [3.05, 3.63) is 66.4 Å². The van der Waals surface area contributed by atoms with Gasteiger partial charge in [-0.05, 0) is 36.8 Å². The van der Waals surface area contributed by atoms with Crippen molar-refractivity contribution < 1.29 is 9.53 Å². The van der Waals surface area contributed by atoms with E-state index >= 15 is 0 Å². The zero-order valence-corrected chi connectivity index (χ0v) is 14.4. The molecule has 3 rings (SSSR count). The molecule has 3 aromatic heterocycles. The number of carbonyl (C=O) groups excluding carboxylic acids is 1. The van der Waals surface area contributed by atoms with E-state index in [9.17, 15) is 4.79 Å². The molecule has 6 nitrogen and oxygen atoms in total. The lowest BCUT2D eigenvalue weighted by Gasteiger charge is -2.12. The molecule has 0 atom stereocenters. The number of nitrogens with two attached hydrogens (primary N) is 1. The van der Waals surface area contributed by atoms with Crippen LogP contribution in [-0.4, -0.2) is 20.9 Å². The number of hydrogen-bond acceptors (Lipinski definition) is 6. The predicted molar refractivity (Wildman–Crippen MR) is 94.8 cm³/mol. The molecule has 0 unspecified atom stereocenters. The summed E-state index contributed by atoms with van der Waals surface area (Å²) in [4.78, 5) is 25.2. The van der Waals surface area contributed by atoms with Crippen LogP contribution in [0.25, 0.3) is 0 Å². The number of aryl methyl sites for hydroxylation is 1. The van der Waals surface area contributed by atoms with Gasteiger partial charge in [-0.15, -0.1) is 0 Å². The van der Waals surface area contributed by atoms with Gasteiger partial charge in [0.05, 0.1) is 5.69 Å². The van der Waals surface area contributed by atoms with Gasteiger partial charge in [0.2, 0.25) is 0 Å². The second-order valence-corrected chi connectivity index (χ2v) is 6.15. The Bertz CT molecular complexity index is 887. The van der Waals surface area contributed by atoms with Crippen LogP contribution in [0.3, 0.4) is 0 Å². The lowest BCUT2D eigenvalue weighted by Crippen LogP contribution is -2.14. The third-order valence-electron chi connectivity index (χ3n) is 3.32. The van der Waals surface area contributed by atoms with Crippen molar-refractivity contribution >= 4 is 17.7 Å². The van der Waals surface area contributed by atoms with Crippen LogP contribution >= 0.6 is 11.8 Å². The maximum Gasteiger partial charge on any atom is 0.271 e. The second kappa shape index (κ2) is 7.76. The van der Waals surface area contributed by atoms with Crippen LogP contribution in [-0.2, 0) is 6.42 Å². The summed E-state index contributed by atoms with van der Waals surface area (Å²) in [6, 6.07) is 11.0. The third-order valence-corrected chi connectivity index (χ3v) is 4.23. The molecule has 0 radical (unpaired) electrons. The van der Waals surface area contributed by atoms with Crippen molar-refractivity contribution in [3.63, 3.8) is 0 Å². The predicted octanol–water partition coefficient (Wildman–Crippen LogP) is 3.48. The zero-order valence-electron chi connectivity index (χ0n) is 13.5. The zero-order chi connectivity index (χ0) is 17.6. The van der Waals surface area contributed by atoms with Gasteiger partial charge in [-0.3, -0.25) is 9.78 Å². The fourth-order valence-corrected chi connectivity index (χ4v) is 2.95. The van der Waals surface area contributed by atoms with Gasteiger partial charge in [-0.2, -0.15) is 0 Å². The summed E-state index contributed by atoms with van der Waals surface area (Å²) in [6.45, 7) is 1.98. The van der Waals surface area contributed by atoms with Crippen LogP contribution in [0.4, 0.5) is 0 Å². The fraction of sp³-hybridized carbons (Fsp3) is 0.111. The van der Waals surface area contributed by atoms with Crippen LogP contribution < -0.4 is 10.5 Å². The Morgan fingerprint density at radius 2 is 1.96 bits per heavy atom.